The Labute approximate surface area is 331 Å². The molecule has 0 N–H and O–H groups in total. The first kappa shape index (κ1) is 33.2. The van der Waals surface area contributed by atoms with Gasteiger partial charge in [0.1, 0.15) is 11.0 Å². The van der Waals surface area contributed by atoms with Crippen LogP contribution in [0, 0.1) is 0 Å². The van der Waals surface area contributed by atoms with E-state index in [0.29, 0.717) is 23.9 Å². The lowest BCUT2D eigenvalue weighted by atomic mass is 9.82. The van der Waals surface area contributed by atoms with Crippen molar-refractivity contribution < 1.29 is 4.42 Å². The number of hydrogen-bond acceptors (Lipinski definition) is 5. The average molecular weight is 735 g/mol. The fourth-order valence-electron chi connectivity index (χ4n) is 9.09. The maximum atomic E-state index is 7.01. The van der Waals surface area contributed by atoms with E-state index < -0.39 is 0 Å². The molecule has 0 spiro atoms. The van der Waals surface area contributed by atoms with Crippen LogP contribution in [0.25, 0.3) is 67.3 Å². The Morgan fingerprint density at radius 2 is 1.16 bits per heavy atom. The molecule has 0 fully saturated rings. The summed E-state index contributed by atoms with van der Waals surface area (Å²) in [5, 5.41) is 4.31. The maximum absolute atomic E-state index is 7.01. The van der Waals surface area contributed by atoms with Crippen LogP contribution < -0.4 is 15.5 Å². The minimum absolute atomic E-state index is 0.135. The van der Waals surface area contributed by atoms with Gasteiger partial charge < -0.3 is 9.32 Å². The van der Waals surface area contributed by atoms with Gasteiger partial charge in [-0.05, 0) is 64.0 Å². The normalized spacial score (nSPS) is 15.2. The van der Waals surface area contributed by atoms with Crippen LogP contribution in [-0.2, 0) is 5.41 Å². The van der Waals surface area contributed by atoms with Gasteiger partial charge in [-0.3, -0.25) is 0 Å². The molecule has 272 valence electrons. The Kier molecular flexibility index (Phi) is 7.58. The minimum Gasteiger partial charge on any atom is -0.456 e. The summed E-state index contributed by atoms with van der Waals surface area (Å²) in [5.74, 6) is 1.92. The zero-order chi connectivity index (χ0) is 38.1. The molecule has 11 rings (SSSR count). The first-order chi connectivity index (χ1) is 28.0. The number of para-hydroxylation sites is 1. The average Bonchev–Trinajstić information content (AvgIpc) is 3.76. The van der Waals surface area contributed by atoms with E-state index in [1.165, 1.54) is 22.3 Å². The van der Waals surface area contributed by atoms with E-state index in [4.69, 9.17) is 19.4 Å². The standard InChI is InChI=1S/C52H38N4O/c1-52(2)44-25-15-14-24-40(44)41-29-27-37(31-45(41)52)56(36-21-10-5-11-22-36)38-30-43(47-42-28-26-33-16-12-13-23-39(33)48(42)57-46(47)32-38)51-54-49(34-17-6-3-7-18-34)53-50(55-51)35-19-8-4-9-20-35/h3-29,31-32,38H,30H2,1-2H3. The molecule has 7 aromatic carbocycles. The van der Waals surface area contributed by atoms with Gasteiger partial charge in [-0.2, -0.15) is 0 Å². The summed E-state index contributed by atoms with van der Waals surface area (Å²) < 4.78 is 7.01. The highest BCUT2D eigenvalue weighted by Gasteiger charge is 2.36. The van der Waals surface area contributed by atoms with Crippen LogP contribution in [0.3, 0.4) is 0 Å². The Balaban J connectivity index is 1.17. The first-order valence-corrected chi connectivity index (χ1v) is 19.6. The molecule has 2 aromatic heterocycles. The molecular formula is C52H38N4O. The molecule has 5 heteroatoms. The Morgan fingerprint density at radius 1 is 0.544 bits per heavy atom. The molecule has 1 atom stereocenters. The van der Waals surface area contributed by atoms with Crippen LogP contribution in [-0.4, -0.2) is 21.0 Å². The number of anilines is 2. The molecule has 0 aliphatic heterocycles. The van der Waals surface area contributed by atoms with Crippen molar-refractivity contribution in [2.75, 3.05) is 4.90 Å². The SMILES string of the molecule is CC1(C)c2ccccc2-c2ccc(N(c3ccccc3)C3C=c4oc5c(ccc6ccccc65)c4=C(c4nc(-c5ccccc5)nc(-c5ccccc5)n4)C3)cc21. The van der Waals surface area contributed by atoms with Crippen molar-refractivity contribution >= 4 is 44.8 Å². The molecule has 2 heterocycles. The molecule has 0 amide bonds. The van der Waals surface area contributed by atoms with Gasteiger partial charge in [0.25, 0.3) is 0 Å². The number of hydrogen-bond donors (Lipinski definition) is 0. The lowest BCUT2D eigenvalue weighted by molar-refractivity contribution is 0.570. The summed E-state index contributed by atoms with van der Waals surface area (Å²) in [6, 6.07) is 59.6. The maximum Gasteiger partial charge on any atom is 0.164 e. The number of furan rings is 1. The van der Waals surface area contributed by atoms with Crippen molar-refractivity contribution in [2.45, 2.75) is 31.7 Å². The van der Waals surface area contributed by atoms with Gasteiger partial charge in [0.05, 0.1) is 6.04 Å². The summed E-state index contributed by atoms with van der Waals surface area (Å²) in [6.45, 7) is 4.68. The topological polar surface area (TPSA) is 55.1 Å². The summed E-state index contributed by atoms with van der Waals surface area (Å²) in [5.41, 5.74) is 12.0. The molecule has 1 unspecified atom stereocenters. The van der Waals surface area contributed by atoms with Crippen LogP contribution in [0.4, 0.5) is 11.4 Å². The highest BCUT2D eigenvalue weighted by molar-refractivity contribution is 6.05. The first-order valence-electron chi connectivity index (χ1n) is 19.6. The van der Waals surface area contributed by atoms with E-state index in [9.17, 15) is 0 Å². The molecule has 5 nitrogen and oxygen atoms in total. The predicted molar refractivity (Wildman–Crippen MR) is 232 cm³/mol. The third-order valence-corrected chi connectivity index (χ3v) is 11.8. The van der Waals surface area contributed by atoms with E-state index >= 15 is 0 Å². The molecule has 0 saturated heterocycles. The van der Waals surface area contributed by atoms with Crippen molar-refractivity contribution in [3.8, 4) is 33.9 Å². The van der Waals surface area contributed by atoms with Gasteiger partial charge in [0.2, 0.25) is 0 Å². The van der Waals surface area contributed by atoms with Gasteiger partial charge in [-0.1, -0.05) is 153 Å². The second kappa shape index (κ2) is 13.0. The van der Waals surface area contributed by atoms with Crippen LogP contribution >= 0.6 is 0 Å². The van der Waals surface area contributed by atoms with Gasteiger partial charge in [-0.15, -0.1) is 0 Å². The molecule has 0 bridgehead atoms. The smallest absolute Gasteiger partial charge is 0.164 e. The molecule has 0 radical (unpaired) electrons. The second-order valence-electron chi connectivity index (χ2n) is 15.6. The Morgan fingerprint density at radius 3 is 1.89 bits per heavy atom. The minimum atomic E-state index is -0.141. The Bertz CT molecular complexity index is 3080. The molecular weight excluding hydrogens is 697 g/mol. The molecule has 57 heavy (non-hydrogen) atoms. The van der Waals surface area contributed by atoms with Gasteiger partial charge >= 0.3 is 0 Å². The third kappa shape index (κ3) is 5.42. The van der Waals surface area contributed by atoms with E-state index in [2.05, 4.69) is 158 Å². The summed E-state index contributed by atoms with van der Waals surface area (Å²) in [6.07, 6.45) is 2.95. The number of aromatic nitrogens is 3. The monoisotopic (exact) mass is 734 g/mol. The highest BCUT2D eigenvalue weighted by atomic mass is 16.3. The Hall–Kier alpha value is -7.11. The van der Waals surface area contributed by atoms with Crippen molar-refractivity contribution in [1.29, 1.82) is 0 Å². The van der Waals surface area contributed by atoms with E-state index in [-0.39, 0.29) is 11.5 Å². The van der Waals surface area contributed by atoms with Crippen LogP contribution in [0.1, 0.15) is 37.2 Å². The van der Waals surface area contributed by atoms with E-state index in [0.717, 1.165) is 60.5 Å². The highest BCUT2D eigenvalue weighted by Crippen LogP contribution is 2.50. The molecule has 9 aromatic rings. The fraction of sp³-hybridized carbons (Fsp3) is 0.0962. The number of rotatable bonds is 6. The largest absolute Gasteiger partial charge is 0.456 e. The lowest BCUT2D eigenvalue weighted by Gasteiger charge is -2.34. The van der Waals surface area contributed by atoms with Crippen molar-refractivity contribution in [2.24, 2.45) is 0 Å². The zero-order valence-corrected chi connectivity index (χ0v) is 31.7. The molecule has 0 saturated carbocycles. The van der Waals surface area contributed by atoms with Crippen LogP contribution in [0.15, 0.2) is 174 Å². The number of nitrogens with zero attached hydrogens (tertiary/aromatic N) is 4. The second-order valence-corrected chi connectivity index (χ2v) is 15.6. The molecule has 2 aliphatic carbocycles. The zero-order valence-electron chi connectivity index (χ0n) is 31.7. The quantitative estimate of drug-likeness (QED) is 0.170. The van der Waals surface area contributed by atoms with E-state index in [1.54, 1.807) is 0 Å². The summed E-state index contributed by atoms with van der Waals surface area (Å²) >= 11 is 0. The van der Waals surface area contributed by atoms with Gasteiger partial charge in [0, 0.05) is 55.9 Å². The van der Waals surface area contributed by atoms with Gasteiger partial charge in [0.15, 0.2) is 17.5 Å². The predicted octanol–water partition coefficient (Wildman–Crippen LogP) is 11.0. The molecule has 2 aliphatic rings. The van der Waals surface area contributed by atoms with Crippen molar-refractivity contribution in [3.63, 3.8) is 0 Å². The van der Waals surface area contributed by atoms with E-state index in [1.807, 2.05) is 36.4 Å². The summed E-state index contributed by atoms with van der Waals surface area (Å²) in [4.78, 5) is 18.1. The van der Waals surface area contributed by atoms with Crippen LogP contribution in [0.5, 0.6) is 0 Å². The van der Waals surface area contributed by atoms with Gasteiger partial charge in [-0.25, -0.2) is 15.0 Å². The third-order valence-electron chi connectivity index (χ3n) is 11.8. The van der Waals surface area contributed by atoms with Crippen LogP contribution in [0.2, 0.25) is 0 Å². The fourth-order valence-corrected chi connectivity index (χ4v) is 9.09. The lowest BCUT2D eigenvalue weighted by Crippen LogP contribution is -2.39. The van der Waals surface area contributed by atoms with Crippen molar-refractivity contribution in [3.05, 3.63) is 197 Å². The summed E-state index contributed by atoms with van der Waals surface area (Å²) in [7, 11) is 0. The van der Waals surface area contributed by atoms with Crippen molar-refractivity contribution in [1.82, 2.24) is 15.0 Å². The number of benzene rings is 7. The number of fused-ring (bicyclic) bond motifs is 8.